The Morgan fingerprint density at radius 3 is 2.40 bits per heavy atom. The molecule has 4 nitrogen and oxygen atoms in total. The number of benzene rings is 1. The summed E-state index contributed by atoms with van der Waals surface area (Å²) in [5.74, 6) is -1.28. The molecule has 1 aromatic carbocycles. The Labute approximate surface area is 148 Å². The molecule has 5 atom stereocenters. The molecule has 1 aliphatic heterocycles. The molecule has 1 fully saturated rings. The molecule has 0 amide bonds. The minimum atomic E-state index is -1.34. The van der Waals surface area contributed by atoms with Crippen molar-refractivity contribution in [1.29, 1.82) is 0 Å². The van der Waals surface area contributed by atoms with Crippen LogP contribution < -0.4 is 0 Å². The van der Waals surface area contributed by atoms with Crippen LogP contribution in [0.2, 0.25) is 0 Å². The molecule has 0 spiro atoms. The quantitative estimate of drug-likeness (QED) is 0.615. The van der Waals surface area contributed by atoms with Gasteiger partial charge in [0.15, 0.2) is 5.78 Å². The second-order valence-corrected chi connectivity index (χ2v) is 7.20. The van der Waals surface area contributed by atoms with E-state index in [4.69, 9.17) is 9.47 Å². The van der Waals surface area contributed by atoms with Crippen molar-refractivity contribution in [2.24, 2.45) is 17.3 Å². The zero-order chi connectivity index (χ0) is 18.8. The fraction of sp³-hybridized carbons (Fsp3) is 0.600. The molecule has 1 saturated heterocycles. The average molecular weight is 350 g/mol. The number of halogens is 1. The SMILES string of the molecule is COC(=O)C1(C)C(=O)C(C)C(C)C(C)OC1CCc1ccc(F)cc1. The molecule has 0 N–H and O–H groups in total. The maximum atomic E-state index is 13.1. The number of hydrogen-bond donors (Lipinski definition) is 0. The Morgan fingerprint density at radius 1 is 1.24 bits per heavy atom. The summed E-state index contributed by atoms with van der Waals surface area (Å²) in [6.07, 6.45) is 0.330. The summed E-state index contributed by atoms with van der Waals surface area (Å²) in [5, 5.41) is 0. The van der Waals surface area contributed by atoms with E-state index in [9.17, 15) is 14.0 Å². The van der Waals surface area contributed by atoms with Crippen LogP contribution in [-0.2, 0) is 25.5 Å². The standard InChI is InChI=1S/C20H27FO4/c1-12-13(2)18(22)20(4,19(23)24-5)17(25-14(12)3)11-8-15-6-9-16(21)10-7-15/h6-7,9-10,12-14,17H,8,11H2,1-5H3. The predicted octanol–water partition coefficient (Wildman–Crippen LogP) is 3.57. The van der Waals surface area contributed by atoms with E-state index < -0.39 is 17.5 Å². The summed E-state index contributed by atoms with van der Waals surface area (Å²) in [6.45, 7) is 7.36. The first-order chi connectivity index (χ1) is 11.7. The molecule has 25 heavy (non-hydrogen) atoms. The van der Waals surface area contributed by atoms with Gasteiger partial charge in [-0.05, 0) is 50.3 Å². The van der Waals surface area contributed by atoms with Gasteiger partial charge in [-0.2, -0.15) is 0 Å². The molecule has 138 valence electrons. The first-order valence-electron chi connectivity index (χ1n) is 8.74. The molecule has 5 heteroatoms. The van der Waals surface area contributed by atoms with E-state index in [0.717, 1.165) is 5.56 Å². The second kappa shape index (κ2) is 7.65. The predicted molar refractivity (Wildman–Crippen MR) is 92.5 cm³/mol. The van der Waals surface area contributed by atoms with E-state index in [2.05, 4.69) is 0 Å². The highest BCUT2D eigenvalue weighted by atomic mass is 19.1. The first-order valence-corrected chi connectivity index (χ1v) is 8.74. The summed E-state index contributed by atoms with van der Waals surface area (Å²) >= 11 is 0. The van der Waals surface area contributed by atoms with Gasteiger partial charge in [-0.25, -0.2) is 4.39 Å². The minimum absolute atomic E-state index is 0.00676. The highest BCUT2D eigenvalue weighted by Crippen LogP contribution is 2.40. The molecule has 0 aliphatic carbocycles. The fourth-order valence-electron chi connectivity index (χ4n) is 3.55. The first kappa shape index (κ1) is 19.6. The largest absolute Gasteiger partial charge is 0.468 e. The molecule has 0 radical (unpaired) electrons. The van der Waals surface area contributed by atoms with Gasteiger partial charge in [-0.3, -0.25) is 9.59 Å². The van der Waals surface area contributed by atoms with Crippen molar-refractivity contribution in [3.8, 4) is 0 Å². The van der Waals surface area contributed by atoms with Gasteiger partial charge < -0.3 is 9.47 Å². The number of esters is 1. The lowest BCUT2D eigenvalue weighted by Gasteiger charge is -2.33. The van der Waals surface area contributed by atoms with Gasteiger partial charge in [0.25, 0.3) is 0 Å². The molecule has 2 rings (SSSR count). The Bertz CT molecular complexity index is 627. The minimum Gasteiger partial charge on any atom is -0.468 e. The topological polar surface area (TPSA) is 52.6 Å². The maximum absolute atomic E-state index is 13.1. The van der Waals surface area contributed by atoms with Crippen molar-refractivity contribution in [2.75, 3.05) is 7.11 Å². The fourth-order valence-corrected chi connectivity index (χ4v) is 3.55. The molecule has 1 aliphatic rings. The number of aryl methyl sites for hydroxylation is 1. The van der Waals surface area contributed by atoms with Crippen LogP contribution in [0.25, 0.3) is 0 Å². The lowest BCUT2D eigenvalue weighted by atomic mass is 9.72. The van der Waals surface area contributed by atoms with Gasteiger partial charge in [0.1, 0.15) is 11.2 Å². The lowest BCUT2D eigenvalue weighted by Crippen LogP contribution is -2.49. The number of carbonyl (C=O) groups is 2. The van der Waals surface area contributed by atoms with Crippen molar-refractivity contribution >= 4 is 11.8 Å². The van der Waals surface area contributed by atoms with Gasteiger partial charge in [0.05, 0.1) is 19.3 Å². The Hall–Kier alpha value is -1.75. The Kier molecular flexibility index (Phi) is 5.99. The van der Waals surface area contributed by atoms with Crippen molar-refractivity contribution in [2.45, 2.75) is 52.7 Å². The number of methoxy groups -OCH3 is 1. The zero-order valence-corrected chi connectivity index (χ0v) is 15.5. The van der Waals surface area contributed by atoms with Gasteiger partial charge in [0.2, 0.25) is 0 Å². The third-order valence-corrected chi connectivity index (χ3v) is 5.70. The normalized spacial score (nSPS) is 33.0. The third kappa shape index (κ3) is 3.76. The zero-order valence-electron chi connectivity index (χ0n) is 15.5. The molecular weight excluding hydrogens is 323 g/mol. The Morgan fingerprint density at radius 2 is 1.84 bits per heavy atom. The number of ether oxygens (including phenoxy) is 2. The van der Waals surface area contributed by atoms with Crippen LogP contribution in [0.4, 0.5) is 4.39 Å². The summed E-state index contributed by atoms with van der Waals surface area (Å²) in [6, 6.07) is 6.22. The van der Waals surface area contributed by atoms with E-state index in [1.807, 2.05) is 20.8 Å². The van der Waals surface area contributed by atoms with E-state index in [-0.39, 0.29) is 29.5 Å². The van der Waals surface area contributed by atoms with Crippen LogP contribution in [0.1, 0.15) is 39.7 Å². The number of carbonyl (C=O) groups excluding carboxylic acids is 2. The maximum Gasteiger partial charge on any atom is 0.321 e. The number of hydrogen-bond acceptors (Lipinski definition) is 4. The van der Waals surface area contributed by atoms with Gasteiger partial charge in [-0.15, -0.1) is 0 Å². The molecule has 0 bridgehead atoms. The molecule has 5 unspecified atom stereocenters. The summed E-state index contributed by atoms with van der Waals surface area (Å²) in [5.41, 5.74) is -0.407. The number of Topliss-reactive ketones (excluding diaryl/α,β-unsaturated/α-hetero) is 1. The third-order valence-electron chi connectivity index (χ3n) is 5.70. The highest BCUT2D eigenvalue weighted by Gasteiger charge is 2.54. The number of ketones is 1. The monoisotopic (exact) mass is 350 g/mol. The summed E-state index contributed by atoms with van der Waals surface area (Å²) < 4.78 is 24.2. The summed E-state index contributed by atoms with van der Waals surface area (Å²) in [4.78, 5) is 25.6. The van der Waals surface area contributed by atoms with E-state index in [1.54, 1.807) is 19.1 Å². The Balaban J connectivity index is 2.30. The highest BCUT2D eigenvalue weighted by molar-refractivity contribution is 6.05. The van der Waals surface area contributed by atoms with Crippen molar-refractivity contribution in [1.82, 2.24) is 0 Å². The second-order valence-electron chi connectivity index (χ2n) is 7.20. The van der Waals surface area contributed by atoms with Crippen LogP contribution in [0.5, 0.6) is 0 Å². The van der Waals surface area contributed by atoms with E-state index >= 15 is 0 Å². The van der Waals surface area contributed by atoms with Crippen molar-refractivity contribution < 1.29 is 23.5 Å². The van der Waals surface area contributed by atoms with Crippen LogP contribution in [-0.4, -0.2) is 31.1 Å². The van der Waals surface area contributed by atoms with Crippen LogP contribution in [0.15, 0.2) is 24.3 Å². The molecule has 0 saturated carbocycles. The molecular formula is C20H27FO4. The average Bonchev–Trinajstić information content (AvgIpc) is 2.67. The molecule has 0 aromatic heterocycles. The van der Waals surface area contributed by atoms with Gasteiger partial charge in [-0.1, -0.05) is 26.0 Å². The lowest BCUT2D eigenvalue weighted by molar-refractivity contribution is -0.168. The number of rotatable bonds is 4. The van der Waals surface area contributed by atoms with E-state index in [0.29, 0.717) is 12.8 Å². The smallest absolute Gasteiger partial charge is 0.321 e. The van der Waals surface area contributed by atoms with Crippen molar-refractivity contribution in [3.05, 3.63) is 35.6 Å². The van der Waals surface area contributed by atoms with Gasteiger partial charge >= 0.3 is 5.97 Å². The van der Waals surface area contributed by atoms with Crippen molar-refractivity contribution in [3.63, 3.8) is 0 Å². The van der Waals surface area contributed by atoms with Gasteiger partial charge in [0, 0.05) is 5.92 Å². The van der Waals surface area contributed by atoms with Crippen LogP contribution >= 0.6 is 0 Å². The molecule has 1 heterocycles. The van der Waals surface area contributed by atoms with E-state index in [1.165, 1.54) is 19.2 Å². The van der Waals surface area contributed by atoms with Crippen LogP contribution in [0, 0.1) is 23.1 Å². The molecule has 1 aromatic rings. The summed E-state index contributed by atoms with van der Waals surface area (Å²) in [7, 11) is 1.29. The van der Waals surface area contributed by atoms with Crippen LogP contribution in [0.3, 0.4) is 0 Å².